The number of benzene rings is 1. The number of amides is 1. The fraction of sp³-hybridized carbons (Fsp3) is 0.400. The highest BCUT2D eigenvalue weighted by Gasteiger charge is 2.26. The number of carbonyl (C=O) groups excluding carboxylic acids is 1. The first-order valence-electron chi connectivity index (χ1n) is 9.53. The number of aromatic nitrogens is 2. The van der Waals surface area contributed by atoms with Crippen LogP contribution in [0.15, 0.2) is 35.1 Å². The summed E-state index contributed by atoms with van der Waals surface area (Å²) < 4.78 is 6.48. The van der Waals surface area contributed by atoms with Gasteiger partial charge in [0.2, 0.25) is 0 Å². The van der Waals surface area contributed by atoms with Gasteiger partial charge in [-0.1, -0.05) is 41.9 Å². The van der Waals surface area contributed by atoms with Crippen LogP contribution in [-0.4, -0.2) is 51.3 Å². The topological polar surface area (TPSA) is 114 Å². The molecule has 1 aromatic carbocycles. The van der Waals surface area contributed by atoms with Gasteiger partial charge >= 0.3 is 12.1 Å². The lowest BCUT2D eigenvalue weighted by Gasteiger charge is -2.16. The predicted octanol–water partition coefficient (Wildman–Crippen LogP) is 2.36. The fourth-order valence-electron chi connectivity index (χ4n) is 3.25. The van der Waals surface area contributed by atoms with Crippen molar-refractivity contribution in [2.75, 3.05) is 25.0 Å². The quantitative estimate of drug-likeness (QED) is 0.643. The zero-order chi connectivity index (χ0) is 21.7. The van der Waals surface area contributed by atoms with Crippen molar-refractivity contribution in [1.29, 1.82) is 0 Å². The lowest BCUT2D eigenvalue weighted by atomic mass is 10.1. The number of rotatable bonds is 7. The minimum Gasteiger partial charge on any atom is -0.465 e. The van der Waals surface area contributed by atoms with Gasteiger partial charge in [-0.05, 0) is 24.8 Å². The van der Waals surface area contributed by atoms with Crippen LogP contribution in [0.5, 0.6) is 0 Å². The minimum absolute atomic E-state index is 0.0234. The molecule has 160 valence electrons. The summed E-state index contributed by atoms with van der Waals surface area (Å²) in [6.45, 7) is 2.66. The molecule has 2 heterocycles. The van der Waals surface area contributed by atoms with Gasteiger partial charge in [-0.15, -0.1) is 0 Å². The van der Waals surface area contributed by atoms with Gasteiger partial charge in [-0.25, -0.2) is 9.78 Å². The highest BCUT2D eigenvalue weighted by molar-refractivity contribution is 6.30. The lowest BCUT2D eigenvalue weighted by molar-refractivity contribution is -0.145. The zero-order valence-electron chi connectivity index (χ0n) is 16.5. The van der Waals surface area contributed by atoms with Crippen LogP contribution < -0.4 is 10.9 Å². The number of likely N-dealkylation sites (tertiary alicyclic amines) is 1. The Hall–Kier alpha value is -3.07. The predicted molar refractivity (Wildman–Crippen MR) is 111 cm³/mol. The number of anilines is 1. The molecule has 2 aromatic rings. The van der Waals surface area contributed by atoms with Crippen molar-refractivity contribution in [1.82, 2.24) is 14.5 Å². The van der Waals surface area contributed by atoms with Crippen molar-refractivity contribution in [3.63, 3.8) is 0 Å². The lowest BCUT2D eigenvalue weighted by Crippen LogP contribution is -2.32. The second-order valence-corrected chi connectivity index (χ2v) is 7.50. The van der Waals surface area contributed by atoms with E-state index in [1.807, 2.05) is 30.3 Å². The molecule has 30 heavy (non-hydrogen) atoms. The number of hydrogen-bond donors (Lipinski definition) is 2. The van der Waals surface area contributed by atoms with Crippen molar-refractivity contribution < 1.29 is 19.4 Å². The molecule has 1 atom stereocenters. The van der Waals surface area contributed by atoms with Gasteiger partial charge in [0, 0.05) is 19.6 Å². The Morgan fingerprint density at radius 3 is 2.73 bits per heavy atom. The number of nitrogens with one attached hydrogen (secondary N) is 1. The van der Waals surface area contributed by atoms with Crippen LogP contribution in [0, 0.1) is 12.8 Å². The molecule has 2 N–H and O–H groups in total. The van der Waals surface area contributed by atoms with E-state index in [0.717, 1.165) is 5.56 Å². The first-order valence-corrected chi connectivity index (χ1v) is 9.91. The molecule has 0 bridgehead atoms. The number of carboxylic acid groups (broad SMARTS) is 1. The van der Waals surface area contributed by atoms with Crippen molar-refractivity contribution in [2.45, 2.75) is 26.5 Å². The van der Waals surface area contributed by atoms with Gasteiger partial charge in [-0.2, -0.15) is 0 Å². The standard InChI is InChI=1S/C20H23ClN4O5/c1-13-17(21)23-18(22-9-15-7-8-24(10-15)20(28)29)19(27)25(13)11-16(26)30-12-14-5-3-2-4-6-14/h2-6,15H,7-12H2,1H3,(H,22,23)(H,28,29). The molecular weight excluding hydrogens is 412 g/mol. The van der Waals surface area contributed by atoms with Crippen LogP contribution in [-0.2, 0) is 22.7 Å². The average molecular weight is 435 g/mol. The number of ether oxygens (including phenoxy) is 1. The summed E-state index contributed by atoms with van der Waals surface area (Å²) in [5.74, 6) is -0.480. The van der Waals surface area contributed by atoms with Crippen LogP contribution in [0.1, 0.15) is 17.7 Å². The molecule has 1 aliphatic heterocycles. The molecule has 10 heteroatoms. The monoisotopic (exact) mass is 434 g/mol. The van der Waals surface area contributed by atoms with Crippen LogP contribution in [0.2, 0.25) is 5.15 Å². The van der Waals surface area contributed by atoms with Crippen LogP contribution in [0.4, 0.5) is 10.6 Å². The second-order valence-electron chi connectivity index (χ2n) is 7.14. The maximum atomic E-state index is 12.8. The molecule has 1 unspecified atom stereocenters. The molecule has 0 saturated carbocycles. The molecule has 1 fully saturated rings. The smallest absolute Gasteiger partial charge is 0.407 e. The van der Waals surface area contributed by atoms with Gasteiger partial charge in [0.05, 0.1) is 5.69 Å². The van der Waals surface area contributed by atoms with Gasteiger partial charge in [0.25, 0.3) is 5.56 Å². The summed E-state index contributed by atoms with van der Waals surface area (Å²) in [6, 6.07) is 9.23. The third kappa shape index (κ3) is 5.29. The Balaban J connectivity index is 1.65. The van der Waals surface area contributed by atoms with E-state index in [1.54, 1.807) is 6.92 Å². The molecule has 1 aliphatic rings. The summed E-state index contributed by atoms with van der Waals surface area (Å²) >= 11 is 6.16. The van der Waals surface area contributed by atoms with Crippen LogP contribution in [0.3, 0.4) is 0 Å². The minimum atomic E-state index is -0.953. The Labute approximate surface area is 178 Å². The highest BCUT2D eigenvalue weighted by atomic mass is 35.5. The van der Waals surface area contributed by atoms with Crippen molar-refractivity contribution >= 4 is 29.5 Å². The van der Waals surface area contributed by atoms with Crippen molar-refractivity contribution in [3.05, 3.63) is 57.1 Å². The first kappa shape index (κ1) is 21.6. The van der Waals surface area contributed by atoms with Crippen molar-refractivity contribution in [3.8, 4) is 0 Å². The summed E-state index contributed by atoms with van der Waals surface area (Å²) in [5.41, 5.74) is 0.723. The van der Waals surface area contributed by atoms with Crippen LogP contribution in [0.25, 0.3) is 0 Å². The molecule has 3 rings (SSSR count). The average Bonchev–Trinajstić information content (AvgIpc) is 3.21. The van der Waals surface area contributed by atoms with Gasteiger partial charge in [-0.3, -0.25) is 14.2 Å². The molecule has 0 aliphatic carbocycles. The Morgan fingerprint density at radius 1 is 1.33 bits per heavy atom. The second kappa shape index (κ2) is 9.62. The number of hydrogen-bond acceptors (Lipinski definition) is 6. The normalized spacial score (nSPS) is 15.8. The Bertz CT molecular complexity index is 979. The molecule has 1 aromatic heterocycles. The summed E-state index contributed by atoms with van der Waals surface area (Å²) in [5, 5.41) is 12.1. The van der Waals surface area contributed by atoms with Gasteiger partial charge < -0.3 is 20.1 Å². The van der Waals surface area contributed by atoms with Crippen molar-refractivity contribution in [2.24, 2.45) is 5.92 Å². The zero-order valence-corrected chi connectivity index (χ0v) is 17.3. The Morgan fingerprint density at radius 2 is 2.07 bits per heavy atom. The van der Waals surface area contributed by atoms with E-state index in [9.17, 15) is 14.4 Å². The number of nitrogens with zero attached hydrogens (tertiary/aromatic N) is 3. The van der Waals surface area contributed by atoms with Crippen LogP contribution >= 0.6 is 11.6 Å². The van der Waals surface area contributed by atoms with E-state index < -0.39 is 17.6 Å². The number of halogens is 1. The first-order chi connectivity index (χ1) is 14.3. The largest absolute Gasteiger partial charge is 0.465 e. The maximum Gasteiger partial charge on any atom is 0.407 e. The Kier molecular flexibility index (Phi) is 6.94. The number of esters is 1. The highest BCUT2D eigenvalue weighted by Crippen LogP contribution is 2.17. The number of carbonyl (C=O) groups is 2. The van der Waals surface area contributed by atoms with E-state index in [-0.39, 0.29) is 30.0 Å². The molecule has 1 amide bonds. The van der Waals surface area contributed by atoms with E-state index in [1.165, 1.54) is 9.47 Å². The summed E-state index contributed by atoms with van der Waals surface area (Å²) in [6.07, 6.45) is -0.260. The molecule has 0 radical (unpaired) electrons. The fourth-order valence-corrected chi connectivity index (χ4v) is 3.44. The van der Waals surface area contributed by atoms with E-state index in [0.29, 0.717) is 31.7 Å². The third-order valence-electron chi connectivity index (χ3n) is 5.01. The molecule has 1 saturated heterocycles. The van der Waals surface area contributed by atoms with Gasteiger partial charge in [0.1, 0.15) is 13.2 Å². The van der Waals surface area contributed by atoms with Gasteiger partial charge in [0.15, 0.2) is 11.0 Å². The SMILES string of the molecule is Cc1c(Cl)nc(NCC2CCN(C(=O)O)C2)c(=O)n1CC(=O)OCc1ccccc1. The molecule has 9 nitrogen and oxygen atoms in total. The van der Waals surface area contributed by atoms with E-state index in [4.69, 9.17) is 21.4 Å². The molecule has 0 spiro atoms. The molecular formula is C20H23ClN4O5. The maximum absolute atomic E-state index is 12.8. The summed E-state index contributed by atoms with van der Waals surface area (Å²) in [4.78, 5) is 41.5. The third-order valence-corrected chi connectivity index (χ3v) is 5.36. The van der Waals surface area contributed by atoms with E-state index in [2.05, 4.69) is 10.3 Å². The summed E-state index contributed by atoms with van der Waals surface area (Å²) in [7, 11) is 0. The van der Waals surface area contributed by atoms with E-state index >= 15 is 0 Å².